The Morgan fingerprint density at radius 3 is 1.71 bits per heavy atom. The summed E-state index contributed by atoms with van der Waals surface area (Å²) in [6.45, 7) is 3.26. The van der Waals surface area contributed by atoms with Gasteiger partial charge in [0.2, 0.25) is 29.1 Å². The number of hydrogen-bond donors (Lipinski definition) is 0. The summed E-state index contributed by atoms with van der Waals surface area (Å²) < 4.78 is 86.8. The van der Waals surface area contributed by atoms with Crippen LogP contribution in [0.5, 0.6) is 5.75 Å². The summed E-state index contributed by atoms with van der Waals surface area (Å²) in [4.78, 5) is 0. The van der Waals surface area contributed by atoms with Crippen LogP contribution in [-0.4, -0.2) is 35.7 Å². The van der Waals surface area contributed by atoms with E-state index < -0.39 is 43.6 Å². The molecule has 0 saturated heterocycles. The SMILES string of the molecule is CO[Si](CCCOc1c(F)c(F)c(F)c(F)c1F)(OC)OC(C)C. The van der Waals surface area contributed by atoms with Crippen molar-refractivity contribution in [1.29, 1.82) is 0 Å². The third-order valence-electron chi connectivity index (χ3n) is 3.08. The zero-order valence-electron chi connectivity index (χ0n) is 13.7. The molecule has 0 amide bonds. The molecule has 0 N–H and O–H groups in total. The lowest BCUT2D eigenvalue weighted by molar-refractivity contribution is 0.0683. The molecule has 0 aliphatic heterocycles. The minimum Gasteiger partial charge on any atom is -0.487 e. The summed E-state index contributed by atoms with van der Waals surface area (Å²) in [7, 11) is -0.167. The van der Waals surface area contributed by atoms with Gasteiger partial charge in [0.25, 0.3) is 0 Å². The molecule has 1 rings (SSSR count). The van der Waals surface area contributed by atoms with Crippen LogP contribution in [0.1, 0.15) is 20.3 Å². The molecule has 0 spiro atoms. The van der Waals surface area contributed by atoms with E-state index in [0.29, 0.717) is 0 Å². The molecule has 10 heteroatoms. The fraction of sp³-hybridized carbons (Fsp3) is 0.571. The highest BCUT2D eigenvalue weighted by atomic mass is 28.4. The maximum Gasteiger partial charge on any atom is 0.500 e. The second-order valence-electron chi connectivity index (χ2n) is 5.11. The van der Waals surface area contributed by atoms with Crippen molar-refractivity contribution >= 4 is 8.80 Å². The van der Waals surface area contributed by atoms with E-state index >= 15 is 0 Å². The molecule has 1 aromatic rings. The number of ether oxygens (including phenoxy) is 1. The van der Waals surface area contributed by atoms with E-state index in [1.54, 1.807) is 13.8 Å². The molecule has 0 fully saturated rings. The maximum atomic E-state index is 13.5. The van der Waals surface area contributed by atoms with Crippen LogP contribution in [0.25, 0.3) is 0 Å². The average molecular weight is 374 g/mol. The summed E-state index contributed by atoms with van der Waals surface area (Å²) in [5.74, 6) is -11.7. The molecule has 0 aliphatic carbocycles. The van der Waals surface area contributed by atoms with E-state index in [9.17, 15) is 22.0 Å². The predicted octanol–water partition coefficient (Wildman–Crippen LogP) is 3.81. The molecule has 1 aromatic carbocycles. The number of halogens is 5. The standard InChI is InChI=1S/C14H19F5O4Si/c1-8(2)23-24(20-3,21-4)7-5-6-22-14-12(18)10(16)9(15)11(17)13(14)19/h8H,5-7H2,1-4H3. The molecule has 0 bridgehead atoms. The van der Waals surface area contributed by atoms with Gasteiger partial charge in [-0.25, -0.2) is 13.2 Å². The Morgan fingerprint density at radius 2 is 1.29 bits per heavy atom. The molecule has 0 atom stereocenters. The molecule has 0 saturated carbocycles. The molecular formula is C14H19F5O4Si. The van der Waals surface area contributed by atoms with E-state index in [0.717, 1.165) is 0 Å². The van der Waals surface area contributed by atoms with Gasteiger partial charge in [-0.1, -0.05) is 0 Å². The van der Waals surface area contributed by atoms with E-state index in [1.807, 2.05) is 0 Å². The van der Waals surface area contributed by atoms with Crippen LogP contribution in [-0.2, 0) is 13.3 Å². The monoisotopic (exact) mass is 374 g/mol. The molecule has 0 heterocycles. The Bertz CT molecular complexity index is 538. The van der Waals surface area contributed by atoms with Crippen LogP contribution in [0.2, 0.25) is 6.04 Å². The molecule has 138 valence electrons. The molecule has 0 radical (unpaired) electrons. The van der Waals surface area contributed by atoms with E-state index in [1.165, 1.54) is 14.2 Å². The van der Waals surface area contributed by atoms with Crippen molar-refractivity contribution in [2.75, 3.05) is 20.8 Å². The van der Waals surface area contributed by atoms with Crippen LogP contribution >= 0.6 is 0 Å². The largest absolute Gasteiger partial charge is 0.500 e. The van der Waals surface area contributed by atoms with Crippen molar-refractivity contribution < 1.29 is 40.0 Å². The van der Waals surface area contributed by atoms with Crippen molar-refractivity contribution in [2.45, 2.75) is 32.4 Å². The topological polar surface area (TPSA) is 36.9 Å². The Morgan fingerprint density at radius 1 is 0.833 bits per heavy atom. The smallest absolute Gasteiger partial charge is 0.487 e. The first-order chi connectivity index (χ1) is 11.2. The minimum absolute atomic E-state index is 0.167. The Labute approximate surface area is 137 Å². The van der Waals surface area contributed by atoms with Crippen molar-refractivity contribution in [3.8, 4) is 5.75 Å². The quantitative estimate of drug-likeness (QED) is 0.217. The van der Waals surface area contributed by atoms with Crippen molar-refractivity contribution in [1.82, 2.24) is 0 Å². The Hall–Kier alpha value is -1.23. The van der Waals surface area contributed by atoms with Crippen molar-refractivity contribution in [2.24, 2.45) is 0 Å². The third kappa shape index (κ3) is 4.65. The maximum absolute atomic E-state index is 13.5. The number of rotatable bonds is 9. The molecule has 0 aliphatic rings. The minimum atomic E-state index is -2.98. The van der Waals surface area contributed by atoms with E-state index in [2.05, 4.69) is 0 Å². The van der Waals surface area contributed by atoms with Crippen LogP contribution < -0.4 is 4.74 Å². The highest BCUT2D eigenvalue weighted by molar-refractivity contribution is 6.60. The van der Waals surface area contributed by atoms with Crippen molar-refractivity contribution in [3.63, 3.8) is 0 Å². The fourth-order valence-corrected chi connectivity index (χ4v) is 4.16. The first kappa shape index (κ1) is 20.8. The molecule has 24 heavy (non-hydrogen) atoms. The van der Waals surface area contributed by atoms with Gasteiger partial charge in [-0.2, -0.15) is 8.78 Å². The van der Waals surface area contributed by atoms with Gasteiger partial charge in [0.05, 0.1) is 6.61 Å². The fourth-order valence-electron chi connectivity index (χ4n) is 1.98. The first-order valence-electron chi connectivity index (χ1n) is 7.11. The van der Waals surface area contributed by atoms with Crippen LogP contribution in [0.4, 0.5) is 22.0 Å². The third-order valence-corrected chi connectivity index (χ3v) is 6.12. The highest BCUT2D eigenvalue weighted by Gasteiger charge is 2.39. The average Bonchev–Trinajstić information content (AvgIpc) is 2.56. The summed E-state index contributed by atoms with van der Waals surface area (Å²) >= 11 is 0. The van der Waals surface area contributed by atoms with Gasteiger partial charge in [-0.15, -0.1) is 0 Å². The zero-order chi connectivity index (χ0) is 18.5. The second kappa shape index (κ2) is 8.74. The van der Waals surface area contributed by atoms with Gasteiger partial charge < -0.3 is 18.0 Å². The summed E-state index contributed by atoms with van der Waals surface area (Å²) in [5.41, 5.74) is 0. The lowest BCUT2D eigenvalue weighted by Crippen LogP contribution is -2.45. The Kier molecular flexibility index (Phi) is 7.58. The van der Waals surface area contributed by atoms with Crippen molar-refractivity contribution in [3.05, 3.63) is 29.1 Å². The van der Waals surface area contributed by atoms with Gasteiger partial charge in [0, 0.05) is 26.4 Å². The van der Waals surface area contributed by atoms with Gasteiger partial charge >= 0.3 is 8.80 Å². The van der Waals surface area contributed by atoms with Crippen LogP contribution in [0, 0.1) is 29.1 Å². The van der Waals surface area contributed by atoms with Gasteiger partial charge in [0.1, 0.15) is 0 Å². The van der Waals surface area contributed by atoms with Gasteiger partial charge in [0.15, 0.2) is 5.75 Å². The molecular weight excluding hydrogens is 355 g/mol. The van der Waals surface area contributed by atoms with Gasteiger partial charge in [-0.3, -0.25) is 0 Å². The number of hydrogen-bond acceptors (Lipinski definition) is 4. The normalized spacial score (nSPS) is 12.1. The van der Waals surface area contributed by atoms with Crippen LogP contribution in [0.15, 0.2) is 0 Å². The molecule has 0 unspecified atom stereocenters. The lowest BCUT2D eigenvalue weighted by atomic mass is 10.2. The number of benzene rings is 1. The summed E-state index contributed by atoms with van der Waals surface area (Å²) in [5, 5.41) is 0. The van der Waals surface area contributed by atoms with Crippen LogP contribution in [0.3, 0.4) is 0 Å². The summed E-state index contributed by atoms with van der Waals surface area (Å²) in [6.07, 6.45) is -0.00668. The first-order valence-corrected chi connectivity index (χ1v) is 9.04. The summed E-state index contributed by atoms with van der Waals surface area (Å²) in [6, 6.07) is 0.244. The van der Waals surface area contributed by atoms with E-state index in [-0.39, 0.29) is 25.2 Å². The predicted molar refractivity (Wildman–Crippen MR) is 77.1 cm³/mol. The van der Waals surface area contributed by atoms with Gasteiger partial charge in [-0.05, 0) is 20.3 Å². The molecule has 0 aromatic heterocycles. The molecule has 4 nitrogen and oxygen atoms in total. The Balaban J connectivity index is 2.75. The lowest BCUT2D eigenvalue weighted by Gasteiger charge is -2.28. The highest BCUT2D eigenvalue weighted by Crippen LogP contribution is 2.29. The zero-order valence-corrected chi connectivity index (χ0v) is 14.7. The second-order valence-corrected chi connectivity index (χ2v) is 8.03. The van der Waals surface area contributed by atoms with E-state index in [4.69, 9.17) is 18.0 Å².